The van der Waals surface area contributed by atoms with E-state index >= 15 is 0 Å². The Morgan fingerprint density at radius 3 is 1.91 bits per heavy atom. The number of benzene rings is 2. The van der Waals surface area contributed by atoms with E-state index in [9.17, 15) is 26.3 Å². The fourth-order valence-electron chi connectivity index (χ4n) is 4.40. The summed E-state index contributed by atoms with van der Waals surface area (Å²) in [6.45, 7) is 0. The first-order valence-electron chi connectivity index (χ1n) is 10.9. The second kappa shape index (κ2) is 8.96. The second-order valence-electron chi connectivity index (χ2n) is 8.30. The van der Waals surface area contributed by atoms with E-state index in [2.05, 4.69) is 9.98 Å². The molecule has 0 atom stereocenters. The number of halogens is 6. The summed E-state index contributed by atoms with van der Waals surface area (Å²) >= 11 is 0. The third-order valence-electron chi connectivity index (χ3n) is 6.08. The van der Waals surface area contributed by atoms with Gasteiger partial charge < -0.3 is 9.64 Å². The molecule has 34 heavy (non-hydrogen) atoms. The quantitative estimate of drug-likeness (QED) is 0.475. The van der Waals surface area contributed by atoms with Crippen LogP contribution in [0.15, 0.2) is 64.6 Å². The van der Waals surface area contributed by atoms with Crippen molar-refractivity contribution in [2.45, 2.75) is 56.2 Å². The van der Waals surface area contributed by atoms with Crippen molar-refractivity contribution >= 4 is 11.7 Å². The molecule has 0 radical (unpaired) electrons. The molecule has 0 spiro atoms. The van der Waals surface area contributed by atoms with E-state index < -0.39 is 29.7 Å². The molecule has 0 unspecified atom stereocenters. The van der Waals surface area contributed by atoms with Crippen LogP contribution in [-0.4, -0.2) is 47.7 Å². The van der Waals surface area contributed by atoms with Crippen LogP contribution < -0.4 is 4.74 Å². The molecule has 0 saturated heterocycles. The van der Waals surface area contributed by atoms with Gasteiger partial charge in [-0.3, -0.25) is 0 Å². The van der Waals surface area contributed by atoms with Crippen LogP contribution in [-0.2, 0) is 0 Å². The van der Waals surface area contributed by atoms with Crippen molar-refractivity contribution in [3.63, 3.8) is 0 Å². The molecule has 2 aromatic rings. The zero-order valence-corrected chi connectivity index (χ0v) is 18.3. The van der Waals surface area contributed by atoms with Gasteiger partial charge in [-0.1, -0.05) is 61.7 Å². The van der Waals surface area contributed by atoms with Gasteiger partial charge in [0.1, 0.15) is 17.4 Å². The third-order valence-corrected chi connectivity index (χ3v) is 6.08. The molecule has 0 amide bonds. The number of aliphatic imine (C=N–C) groups is 2. The van der Waals surface area contributed by atoms with Crippen LogP contribution in [0.25, 0.3) is 0 Å². The van der Waals surface area contributed by atoms with Crippen molar-refractivity contribution in [3.8, 4) is 5.75 Å². The van der Waals surface area contributed by atoms with Gasteiger partial charge in [0.05, 0.1) is 7.11 Å². The Morgan fingerprint density at radius 1 is 0.794 bits per heavy atom. The lowest BCUT2D eigenvalue weighted by Crippen LogP contribution is -2.61. The van der Waals surface area contributed by atoms with Crippen LogP contribution in [0.5, 0.6) is 5.75 Å². The van der Waals surface area contributed by atoms with Gasteiger partial charge in [0.25, 0.3) is 0 Å². The summed E-state index contributed by atoms with van der Waals surface area (Å²) in [7, 11) is 1.37. The van der Waals surface area contributed by atoms with Crippen LogP contribution in [0.4, 0.5) is 26.3 Å². The predicted molar refractivity (Wildman–Crippen MR) is 116 cm³/mol. The van der Waals surface area contributed by atoms with Crippen LogP contribution >= 0.6 is 0 Å². The highest BCUT2D eigenvalue weighted by atomic mass is 19.4. The van der Waals surface area contributed by atoms with Gasteiger partial charge in [0.15, 0.2) is 0 Å². The number of hydrogen-bond donors (Lipinski definition) is 0. The molecule has 1 fully saturated rings. The summed E-state index contributed by atoms with van der Waals surface area (Å²) in [4.78, 5) is 8.22. The van der Waals surface area contributed by atoms with Gasteiger partial charge in [-0.15, -0.1) is 0 Å². The highest BCUT2D eigenvalue weighted by molar-refractivity contribution is 6.16. The summed E-state index contributed by atoms with van der Waals surface area (Å²) in [5, 5.41) is 0. The summed E-state index contributed by atoms with van der Waals surface area (Å²) in [5.74, 6) is -0.526. The van der Waals surface area contributed by atoms with Crippen molar-refractivity contribution in [2.75, 3.05) is 7.11 Å². The zero-order valence-electron chi connectivity index (χ0n) is 18.3. The Kier molecular flexibility index (Phi) is 6.35. The topological polar surface area (TPSA) is 37.2 Å². The fraction of sp³-hybridized carbons (Fsp3) is 0.417. The van der Waals surface area contributed by atoms with Crippen LogP contribution in [0.3, 0.4) is 0 Å². The Bertz CT molecular complexity index is 1060. The molecule has 2 aromatic carbocycles. The maximum absolute atomic E-state index is 14.2. The number of ether oxygens (including phenoxy) is 1. The molecule has 1 saturated carbocycles. The smallest absolute Gasteiger partial charge is 0.443 e. The summed E-state index contributed by atoms with van der Waals surface area (Å²) < 4.78 is 90.4. The standard InChI is InChI=1S/C24H23F6N3O/c1-34-19-14-8-11-17(15-19)21-32-22(23(25,26)27,24(28,29)30)31-20(16-9-4-2-5-10-16)33(21)18-12-6-3-7-13-18/h2,4-5,8-11,14-15,18H,3,6-7,12-13H2,1H3. The van der Waals surface area contributed by atoms with Crippen molar-refractivity contribution in [1.29, 1.82) is 0 Å². The highest BCUT2D eigenvalue weighted by Gasteiger charge is 2.74. The van der Waals surface area contributed by atoms with Crippen molar-refractivity contribution in [2.24, 2.45) is 9.98 Å². The lowest BCUT2D eigenvalue weighted by Gasteiger charge is -2.43. The number of amidine groups is 2. The first-order valence-corrected chi connectivity index (χ1v) is 10.9. The molecule has 0 bridgehead atoms. The first-order chi connectivity index (χ1) is 16.1. The Labute approximate surface area is 193 Å². The minimum Gasteiger partial charge on any atom is -0.497 e. The van der Waals surface area contributed by atoms with E-state index in [0.29, 0.717) is 12.8 Å². The normalized spacial score (nSPS) is 19.4. The number of alkyl halides is 6. The minimum atomic E-state index is -5.81. The summed E-state index contributed by atoms with van der Waals surface area (Å²) in [6, 6.07) is 13.2. The molecule has 1 aliphatic carbocycles. The van der Waals surface area contributed by atoms with E-state index in [-0.39, 0.29) is 22.9 Å². The zero-order chi connectivity index (χ0) is 24.6. The number of nitrogens with zero attached hydrogens (tertiary/aromatic N) is 3. The van der Waals surface area contributed by atoms with Crippen LogP contribution in [0.1, 0.15) is 43.2 Å². The Hall–Kier alpha value is -3.04. The molecule has 1 heterocycles. The number of methoxy groups -OCH3 is 1. The average Bonchev–Trinajstić information content (AvgIpc) is 2.83. The molecule has 4 rings (SSSR count). The Morgan fingerprint density at radius 2 is 1.35 bits per heavy atom. The first kappa shape index (κ1) is 24.1. The molecule has 182 valence electrons. The average molecular weight is 483 g/mol. The van der Waals surface area contributed by atoms with E-state index in [1.807, 2.05) is 0 Å². The van der Waals surface area contributed by atoms with Crippen molar-refractivity contribution < 1.29 is 31.1 Å². The Balaban J connectivity index is 2.03. The van der Waals surface area contributed by atoms with Gasteiger partial charge in [0, 0.05) is 17.2 Å². The van der Waals surface area contributed by atoms with E-state index in [4.69, 9.17) is 4.74 Å². The molecule has 0 N–H and O–H groups in total. The fourth-order valence-corrected chi connectivity index (χ4v) is 4.40. The van der Waals surface area contributed by atoms with Gasteiger partial charge in [-0.2, -0.15) is 26.3 Å². The monoisotopic (exact) mass is 483 g/mol. The largest absolute Gasteiger partial charge is 0.497 e. The van der Waals surface area contributed by atoms with E-state index in [1.54, 1.807) is 24.3 Å². The summed E-state index contributed by atoms with van der Waals surface area (Å²) in [5.41, 5.74) is -4.39. The van der Waals surface area contributed by atoms with Gasteiger partial charge in [0.2, 0.25) is 0 Å². The van der Waals surface area contributed by atoms with Crippen LogP contribution in [0, 0.1) is 0 Å². The molecular weight excluding hydrogens is 460 g/mol. The summed E-state index contributed by atoms with van der Waals surface area (Å²) in [6.07, 6.45) is -7.87. The second-order valence-corrected chi connectivity index (χ2v) is 8.30. The third kappa shape index (κ3) is 4.25. The molecule has 0 aromatic heterocycles. The van der Waals surface area contributed by atoms with Gasteiger partial charge in [-0.25, -0.2) is 9.98 Å². The lowest BCUT2D eigenvalue weighted by atomic mass is 9.92. The highest BCUT2D eigenvalue weighted by Crippen LogP contribution is 2.50. The molecule has 10 heteroatoms. The molecular formula is C24H23F6N3O. The van der Waals surface area contributed by atoms with Gasteiger partial charge in [-0.05, 0) is 25.0 Å². The predicted octanol–water partition coefficient (Wildman–Crippen LogP) is 6.36. The van der Waals surface area contributed by atoms with E-state index in [1.165, 1.54) is 42.3 Å². The SMILES string of the molecule is COc1cccc(C2=NC(C(F)(F)F)(C(F)(F)F)N=C(c3ccccc3)N2C2CCCCC2)c1. The minimum absolute atomic E-state index is 0.0890. The van der Waals surface area contributed by atoms with Crippen LogP contribution in [0.2, 0.25) is 0 Å². The molecule has 1 aliphatic heterocycles. The van der Waals surface area contributed by atoms with E-state index in [0.717, 1.165) is 19.3 Å². The number of rotatable bonds is 4. The maximum atomic E-state index is 14.2. The van der Waals surface area contributed by atoms with Crippen molar-refractivity contribution in [1.82, 2.24) is 4.90 Å². The van der Waals surface area contributed by atoms with Crippen molar-refractivity contribution in [3.05, 3.63) is 65.7 Å². The molecule has 4 nitrogen and oxygen atoms in total. The van der Waals surface area contributed by atoms with Gasteiger partial charge >= 0.3 is 18.0 Å². The molecule has 2 aliphatic rings. The lowest BCUT2D eigenvalue weighted by molar-refractivity contribution is -0.293. The maximum Gasteiger partial charge on any atom is 0.443 e. The number of hydrogen-bond acceptors (Lipinski definition) is 4.